The van der Waals surface area contributed by atoms with Crippen LogP contribution >= 0.6 is 22.6 Å². The lowest BCUT2D eigenvalue weighted by molar-refractivity contribution is -0.137. The highest BCUT2D eigenvalue weighted by Crippen LogP contribution is 2.35. The first-order chi connectivity index (χ1) is 6.36. The van der Waals surface area contributed by atoms with Gasteiger partial charge in [0.25, 0.3) is 0 Å². The summed E-state index contributed by atoms with van der Waals surface area (Å²) in [5, 5.41) is 0. The van der Waals surface area contributed by atoms with Gasteiger partial charge in [0.1, 0.15) is 5.75 Å². The van der Waals surface area contributed by atoms with E-state index in [0.717, 1.165) is 12.1 Å². The molecule has 0 unspecified atom stereocenters. The summed E-state index contributed by atoms with van der Waals surface area (Å²) in [5.74, 6) is 0.262. The minimum Gasteiger partial charge on any atom is -0.496 e. The Kier molecular flexibility index (Phi) is 3.28. The molecule has 1 aromatic rings. The minimum absolute atomic E-state index is 0.262. The van der Waals surface area contributed by atoms with Crippen LogP contribution in [-0.4, -0.2) is 7.11 Å². The van der Waals surface area contributed by atoms with Gasteiger partial charge in [0, 0.05) is 0 Å². The number of benzene rings is 1. The maximum absolute atomic E-state index is 12.4. The zero-order valence-electron chi connectivity index (χ0n) is 7.57. The Hall–Kier alpha value is -0.460. The fourth-order valence-electron chi connectivity index (χ4n) is 1.05. The predicted molar refractivity (Wildman–Crippen MR) is 55.5 cm³/mol. The van der Waals surface area contributed by atoms with Crippen molar-refractivity contribution >= 4 is 22.6 Å². The van der Waals surface area contributed by atoms with Crippen LogP contribution in [0, 0.1) is 10.5 Å². The Morgan fingerprint density at radius 1 is 1.29 bits per heavy atom. The molecule has 0 saturated carbocycles. The van der Waals surface area contributed by atoms with E-state index in [0.29, 0.717) is 9.13 Å². The maximum Gasteiger partial charge on any atom is 0.416 e. The lowest BCUT2D eigenvalue weighted by Gasteiger charge is -2.12. The number of halogens is 4. The molecule has 0 fully saturated rings. The number of alkyl halides is 3. The van der Waals surface area contributed by atoms with E-state index in [1.807, 2.05) is 22.6 Å². The minimum atomic E-state index is -4.32. The van der Waals surface area contributed by atoms with E-state index >= 15 is 0 Å². The van der Waals surface area contributed by atoms with Crippen LogP contribution < -0.4 is 4.74 Å². The summed E-state index contributed by atoms with van der Waals surface area (Å²) < 4.78 is 42.6. The summed E-state index contributed by atoms with van der Waals surface area (Å²) in [7, 11) is 1.36. The number of hydrogen-bond donors (Lipinski definition) is 0. The van der Waals surface area contributed by atoms with Gasteiger partial charge in [0.2, 0.25) is 0 Å². The molecule has 1 aromatic carbocycles. The zero-order chi connectivity index (χ0) is 10.9. The average Bonchev–Trinajstić information content (AvgIpc) is 2.07. The molecule has 0 heterocycles. The third kappa shape index (κ3) is 2.31. The van der Waals surface area contributed by atoms with Crippen LogP contribution in [0.3, 0.4) is 0 Å². The van der Waals surface area contributed by atoms with E-state index in [1.54, 1.807) is 6.92 Å². The molecule has 0 amide bonds. The van der Waals surface area contributed by atoms with Gasteiger partial charge >= 0.3 is 6.18 Å². The van der Waals surface area contributed by atoms with Crippen molar-refractivity contribution < 1.29 is 17.9 Å². The molecule has 0 aliphatic carbocycles. The Balaban J connectivity index is 3.30. The van der Waals surface area contributed by atoms with Crippen molar-refractivity contribution in [3.05, 3.63) is 26.8 Å². The fourth-order valence-corrected chi connectivity index (χ4v) is 1.58. The number of aryl methyl sites for hydroxylation is 1. The van der Waals surface area contributed by atoms with Crippen LogP contribution in [0.25, 0.3) is 0 Å². The van der Waals surface area contributed by atoms with Gasteiger partial charge in [-0.05, 0) is 47.2 Å². The third-order valence-electron chi connectivity index (χ3n) is 1.77. The monoisotopic (exact) mass is 316 g/mol. The van der Waals surface area contributed by atoms with Crippen molar-refractivity contribution in [2.45, 2.75) is 13.1 Å². The van der Waals surface area contributed by atoms with Crippen molar-refractivity contribution in [2.75, 3.05) is 7.11 Å². The van der Waals surface area contributed by atoms with Gasteiger partial charge in [0.05, 0.1) is 16.2 Å². The maximum atomic E-state index is 12.4. The van der Waals surface area contributed by atoms with E-state index < -0.39 is 11.7 Å². The third-order valence-corrected chi connectivity index (χ3v) is 3.15. The molecule has 0 aliphatic heterocycles. The molecular weight excluding hydrogens is 308 g/mol. The van der Waals surface area contributed by atoms with Crippen LogP contribution in [0.4, 0.5) is 13.2 Å². The van der Waals surface area contributed by atoms with Crippen molar-refractivity contribution in [1.29, 1.82) is 0 Å². The van der Waals surface area contributed by atoms with E-state index in [1.165, 1.54) is 7.11 Å². The van der Waals surface area contributed by atoms with Crippen molar-refractivity contribution in [3.8, 4) is 5.75 Å². The normalized spacial score (nSPS) is 11.6. The summed E-state index contributed by atoms with van der Waals surface area (Å²) in [6.45, 7) is 1.62. The van der Waals surface area contributed by atoms with E-state index in [4.69, 9.17) is 4.74 Å². The standard InChI is InChI=1S/C9H8F3IO/c1-5-3-6(9(10,11)12)4-7(14-2)8(5)13/h3-4H,1-2H3. The molecule has 1 nitrogen and oxygen atoms in total. The molecule has 0 atom stereocenters. The average molecular weight is 316 g/mol. The molecule has 0 N–H and O–H groups in total. The molecule has 1 rings (SSSR count). The Labute approximate surface area is 93.4 Å². The van der Waals surface area contributed by atoms with Gasteiger partial charge in [-0.3, -0.25) is 0 Å². The molecular formula is C9H8F3IO. The van der Waals surface area contributed by atoms with Crippen LogP contribution in [0.2, 0.25) is 0 Å². The number of hydrogen-bond acceptors (Lipinski definition) is 1. The van der Waals surface area contributed by atoms with Crippen LogP contribution in [0.1, 0.15) is 11.1 Å². The largest absolute Gasteiger partial charge is 0.496 e. The zero-order valence-corrected chi connectivity index (χ0v) is 9.73. The second-order valence-corrected chi connectivity index (χ2v) is 3.89. The van der Waals surface area contributed by atoms with Crippen LogP contribution in [-0.2, 0) is 6.18 Å². The van der Waals surface area contributed by atoms with Gasteiger partial charge in [-0.1, -0.05) is 0 Å². The second-order valence-electron chi connectivity index (χ2n) is 2.81. The first-order valence-corrected chi connectivity index (χ1v) is 4.85. The van der Waals surface area contributed by atoms with Gasteiger partial charge < -0.3 is 4.74 Å². The predicted octanol–water partition coefficient (Wildman–Crippen LogP) is 3.63. The Morgan fingerprint density at radius 3 is 2.29 bits per heavy atom. The van der Waals surface area contributed by atoms with Gasteiger partial charge in [-0.15, -0.1) is 0 Å². The number of rotatable bonds is 1. The smallest absolute Gasteiger partial charge is 0.416 e. The molecule has 0 bridgehead atoms. The van der Waals surface area contributed by atoms with E-state index in [9.17, 15) is 13.2 Å². The van der Waals surface area contributed by atoms with Gasteiger partial charge in [0.15, 0.2) is 0 Å². The van der Waals surface area contributed by atoms with Gasteiger partial charge in [-0.2, -0.15) is 13.2 Å². The highest BCUT2D eigenvalue weighted by atomic mass is 127. The number of methoxy groups -OCH3 is 1. The molecule has 14 heavy (non-hydrogen) atoms. The van der Waals surface area contributed by atoms with Crippen molar-refractivity contribution in [2.24, 2.45) is 0 Å². The fraction of sp³-hybridized carbons (Fsp3) is 0.333. The highest BCUT2D eigenvalue weighted by Gasteiger charge is 2.31. The number of ether oxygens (including phenoxy) is 1. The molecule has 0 aliphatic rings. The van der Waals surface area contributed by atoms with Crippen LogP contribution in [0.15, 0.2) is 12.1 Å². The molecule has 0 saturated heterocycles. The van der Waals surface area contributed by atoms with E-state index in [-0.39, 0.29) is 5.75 Å². The molecule has 0 spiro atoms. The molecule has 78 valence electrons. The lowest BCUT2D eigenvalue weighted by atomic mass is 10.1. The first-order valence-electron chi connectivity index (χ1n) is 3.77. The summed E-state index contributed by atoms with van der Waals surface area (Å²) in [5.41, 5.74) is -0.107. The van der Waals surface area contributed by atoms with Gasteiger partial charge in [-0.25, -0.2) is 0 Å². The second kappa shape index (κ2) is 3.96. The molecule has 0 radical (unpaired) electrons. The lowest BCUT2D eigenvalue weighted by Crippen LogP contribution is -2.06. The quantitative estimate of drug-likeness (QED) is 0.719. The van der Waals surface area contributed by atoms with Crippen molar-refractivity contribution in [3.63, 3.8) is 0 Å². The molecule has 0 aromatic heterocycles. The first kappa shape index (κ1) is 11.6. The van der Waals surface area contributed by atoms with Crippen LogP contribution in [0.5, 0.6) is 5.75 Å². The molecule has 5 heteroatoms. The highest BCUT2D eigenvalue weighted by molar-refractivity contribution is 14.1. The summed E-state index contributed by atoms with van der Waals surface area (Å²) >= 11 is 1.96. The van der Waals surface area contributed by atoms with Crippen molar-refractivity contribution in [1.82, 2.24) is 0 Å². The Morgan fingerprint density at radius 2 is 1.86 bits per heavy atom. The Bertz CT molecular complexity index is 347. The summed E-state index contributed by atoms with van der Waals surface area (Å²) in [6.07, 6.45) is -4.32. The summed E-state index contributed by atoms with van der Waals surface area (Å²) in [6, 6.07) is 2.12. The summed E-state index contributed by atoms with van der Waals surface area (Å²) in [4.78, 5) is 0. The SMILES string of the molecule is COc1cc(C(F)(F)F)cc(C)c1I. The van der Waals surface area contributed by atoms with E-state index in [2.05, 4.69) is 0 Å². The topological polar surface area (TPSA) is 9.23 Å².